The van der Waals surface area contributed by atoms with Crippen molar-refractivity contribution in [1.82, 2.24) is 9.88 Å². The molecule has 0 radical (unpaired) electrons. The van der Waals surface area contributed by atoms with Gasteiger partial charge in [0.05, 0.1) is 0 Å². The highest BCUT2D eigenvalue weighted by Gasteiger charge is 2.33. The molecule has 1 aromatic carbocycles. The number of hydrogen-bond donors (Lipinski definition) is 1. The molecule has 1 unspecified atom stereocenters. The number of likely N-dealkylation sites (tertiary alicyclic amines) is 1. The molecule has 1 aromatic heterocycles. The zero-order valence-electron chi connectivity index (χ0n) is 15.7. The van der Waals surface area contributed by atoms with Crippen LogP contribution >= 0.6 is 11.6 Å². The lowest BCUT2D eigenvalue weighted by Crippen LogP contribution is -2.38. The van der Waals surface area contributed by atoms with Crippen LogP contribution < -0.4 is 4.74 Å². The standard InChI is InChI=1S/C21H25ClN2O3/c1-15-12-17(13-16(2)19(15)22)27-14-21(26)7-5-10-24(11-8-21)20(25)18-6-3-4-9-23-18/h3-4,6,9,12-13,26H,5,7-8,10-11,14H2,1-2H3. The molecule has 3 rings (SSSR count). The van der Waals surface area contributed by atoms with Crippen molar-refractivity contribution >= 4 is 17.5 Å². The minimum Gasteiger partial charge on any atom is -0.491 e. The molecule has 144 valence electrons. The summed E-state index contributed by atoms with van der Waals surface area (Å²) in [5.41, 5.74) is 1.38. The molecule has 1 saturated heterocycles. The van der Waals surface area contributed by atoms with E-state index in [1.807, 2.05) is 26.0 Å². The van der Waals surface area contributed by atoms with Gasteiger partial charge in [0.15, 0.2) is 0 Å². The fourth-order valence-corrected chi connectivity index (χ4v) is 3.49. The van der Waals surface area contributed by atoms with Gasteiger partial charge < -0.3 is 14.7 Å². The van der Waals surface area contributed by atoms with Crippen LogP contribution in [0, 0.1) is 13.8 Å². The van der Waals surface area contributed by atoms with Crippen LogP contribution in [0.5, 0.6) is 5.75 Å². The van der Waals surface area contributed by atoms with E-state index in [0.29, 0.717) is 37.4 Å². The molecule has 1 aliphatic rings. The van der Waals surface area contributed by atoms with Crippen molar-refractivity contribution in [2.75, 3.05) is 19.7 Å². The number of carbonyl (C=O) groups excluding carboxylic acids is 1. The Kier molecular flexibility index (Phi) is 6.02. The second-order valence-corrected chi connectivity index (χ2v) is 7.62. The zero-order chi connectivity index (χ0) is 19.4. The number of halogens is 1. The molecule has 2 heterocycles. The fraction of sp³-hybridized carbons (Fsp3) is 0.429. The van der Waals surface area contributed by atoms with E-state index in [-0.39, 0.29) is 12.5 Å². The number of nitrogens with zero attached hydrogens (tertiary/aromatic N) is 2. The molecule has 0 spiro atoms. The minimum absolute atomic E-state index is 0.0929. The molecule has 1 fully saturated rings. The SMILES string of the molecule is Cc1cc(OCC2(O)CCCN(C(=O)c3ccccn3)CC2)cc(C)c1Cl. The summed E-state index contributed by atoms with van der Waals surface area (Å²) >= 11 is 6.20. The Morgan fingerprint density at radius 1 is 1.26 bits per heavy atom. The molecule has 5 nitrogen and oxygen atoms in total. The van der Waals surface area contributed by atoms with E-state index in [4.69, 9.17) is 16.3 Å². The highest BCUT2D eigenvalue weighted by Crippen LogP contribution is 2.28. The largest absolute Gasteiger partial charge is 0.491 e. The average Bonchev–Trinajstić information content (AvgIpc) is 2.87. The number of carbonyl (C=O) groups is 1. The van der Waals surface area contributed by atoms with Crippen molar-refractivity contribution in [1.29, 1.82) is 0 Å². The maximum absolute atomic E-state index is 12.6. The Hall–Kier alpha value is -2.11. The Balaban J connectivity index is 1.62. The summed E-state index contributed by atoms with van der Waals surface area (Å²) in [6.45, 7) is 5.15. The van der Waals surface area contributed by atoms with Gasteiger partial charge in [-0.15, -0.1) is 0 Å². The number of aromatic nitrogens is 1. The van der Waals surface area contributed by atoms with Gasteiger partial charge in [0.2, 0.25) is 0 Å². The van der Waals surface area contributed by atoms with Gasteiger partial charge in [0.25, 0.3) is 5.91 Å². The summed E-state index contributed by atoms with van der Waals surface area (Å²) in [4.78, 5) is 18.5. The van der Waals surface area contributed by atoms with Crippen molar-refractivity contribution in [2.45, 2.75) is 38.7 Å². The first-order valence-electron chi connectivity index (χ1n) is 9.20. The van der Waals surface area contributed by atoms with E-state index in [2.05, 4.69) is 4.98 Å². The smallest absolute Gasteiger partial charge is 0.272 e. The molecule has 0 bridgehead atoms. The number of benzene rings is 1. The Morgan fingerprint density at radius 3 is 2.67 bits per heavy atom. The highest BCUT2D eigenvalue weighted by molar-refractivity contribution is 6.32. The van der Waals surface area contributed by atoms with Gasteiger partial charge in [-0.2, -0.15) is 0 Å². The molecule has 2 aromatic rings. The van der Waals surface area contributed by atoms with Crippen LogP contribution in [0.25, 0.3) is 0 Å². The van der Waals surface area contributed by atoms with Gasteiger partial charge >= 0.3 is 0 Å². The molecule has 6 heteroatoms. The van der Waals surface area contributed by atoms with Crippen molar-refractivity contribution in [2.24, 2.45) is 0 Å². The second-order valence-electron chi connectivity index (χ2n) is 7.24. The number of aryl methyl sites for hydroxylation is 2. The predicted molar refractivity (Wildman–Crippen MR) is 105 cm³/mol. The number of aliphatic hydroxyl groups is 1. The van der Waals surface area contributed by atoms with Gasteiger partial charge in [-0.25, -0.2) is 0 Å². The monoisotopic (exact) mass is 388 g/mol. The molecule has 1 aliphatic heterocycles. The van der Waals surface area contributed by atoms with Gasteiger partial charge in [-0.1, -0.05) is 17.7 Å². The summed E-state index contributed by atoms with van der Waals surface area (Å²) in [6, 6.07) is 9.07. The van der Waals surface area contributed by atoms with Crippen LogP contribution in [0.1, 0.15) is 40.9 Å². The third kappa shape index (κ3) is 4.79. The molecule has 1 atom stereocenters. The Labute approximate surface area is 164 Å². The summed E-state index contributed by atoms with van der Waals surface area (Å²) in [5, 5.41) is 11.7. The van der Waals surface area contributed by atoms with Crippen molar-refractivity contribution in [3.05, 3.63) is 58.4 Å². The number of pyridine rings is 1. The zero-order valence-corrected chi connectivity index (χ0v) is 16.5. The number of rotatable bonds is 4. The lowest BCUT2D eigenvalue weighted by Gasteiger charge is -2.27. The highest BCUT2D eigenvalue weighted by atomic mass is 35.5. The molecule has 1 N–H and O–H groups in total. The van der Waals surface area contributed by atoms with Crippen molar-refractivity contribution < 1.29 is 14.6 Å². The van der Waals surface area contributed by atoms with E-state index in [1.54, 1.807) is 29.3 Å². The van der Waals surface area contributed by atoms with E-state index < -0.39 is 5.60 Å². The molecule has 1 amide bonds. The van der Waals surface area contributed by atoms with Crippen LogP contribution in [-0.4, -0.2) is 46.2 Å². The average molecular weight is 389 g/mol. The Bertz CT molecular complexity index is 789. The predicted octanol–water partition coefficient (Wildman–Crippen LogP) is 3.79. The quantitative estimate of drug-likeness (QED) is 0.865. The lowest BCUT2D eigenvalue weighted by molar-refractivity contribution is -0.0163. The van der Waals surface area contributed by atoms with Crippen molar-refractivity contribution in [3.8, 4) is 5.75 Å². The first-order chi connectivity index (χ1) is 12.9. The van der Waals surface area contributed by atoms with Gasteiger partial charge in [0, 0.05) is 24.3 Å². The molecule has 0 saturated carbocycles. The molecule has 0 aliphatic carbocycles. The van der Waals surface area contributed by atoms with Gasteiger partial charge in [-0.05, 0) is 68.5 Å². The lowest BCUT2D eigenvalue weighted by atomic mass is 9.96. The maximum atomic E-state index is 12.6. The number of ether oxygens (including phenoxy) is 1. The normalized spacial score (nSPS) is 20.2. The number of amides is 1. The third-order valence-electron chi connectivity index (χ3n) is 5.01. The molecular formula is C21H25ClN2O3. The summed E-state index contributed by atoms with van der Waals surface area (Å²) < 4.78 is 5.88. The van der Waals surface area contributed by atoms with Gasteiger partial charge in [-0.3, -0.25) is 9.78 Å². The molecule has 27 heavy (non-hydrogen) atoms. The second kappa shape index (κ2) is 8.28. The van der Waals surface area contributed by atoms with Gasteiger partial charge in [0.1, 0.15) is 23.7 Å². The third-order valence-corrected chi connectivity index (χ3v) is 5.60. The van der Waals surface area contributed by atoms with E-state index >= 15 is 0 Å². The summed E-state index contributed by atoms with van der Waals surface area (Å²) in [5.74, 6) is 0.609. The fourth-order valence-electron chi connectivity index (χ4n) is 3.38. The van der Waals surface area contributed by atoms with Crippen LogP contribution in [0.4, 0.5) is 0 Å². The topological polar surface area (TPSA) is 62.7 Å². The molecular weight excluding hydrogens is 364 g/mol. The van der Waals surface area contributed by atoms with Crippen LogP contribution in [-0.2, 0) is 0 Å². The number of hydrogen-bond acceptors (Lipinski definition) is 4. The van der Waals surface area contributed by atoms with E-state index in [9.17, 15) is 9.90 Å². The summed E-state index contributed by atoms with van der Waals surface area (Å²) in [6.07, 6.45) is 3.39. The minimum atomic E-state index is -0.958. The van der Waals surface area contributed by atoms with Crippen molar-refractivity contribution in [3.63, 3.8) is 0 Å². The first-order valence-corrected chi connectivity index (χ1v) is 9.58. The van der Waals surface area contributed by atoms with E-state index in [0.717, 1.165) is 22.6 Å². The van der Waals surface area contributed by atoms with Crippen LogP contribution in [0.15, 0.2) is 36.5 Å². The van der Waals surface area contributed by atoms with Crippen LogP contribution in [0.3, 0.4) is 0 Å². The Morgan fingerprint density at radius 2 is 2.00 bits per heavy atom. The van der Waals surface area contributed by atoms with E-state index in [1.165, 1.54) is 0 Å². The summed E-state index contributed by atoms with van der Waals surface area (Å²) in [7, 11) is 0. The maximum Gasteiger partial charge on any atom is 0.272 e. The van der Waals surface area contributed by atoms with Crippen LogP contribution in [0.2, 0.25) is 5.02 Å². The first kappa shape index (κ1) is 19.6.